The third kappa shape index (κ3) is 10.4. The van der Waals surface area contributed by atoms with Gasteiger partial charge in [0.05, 0.1) is 31.7 Å². The van der Waals surface area contributed by atoms with Gasteiger partial charge in [-0.25, -0.2) is 9.97 Å². The van der Waals surface area contributed by atoms with E-state index >= 15 is 0 Å². The lowest BCUT2D eigenvalue weighted by molar-refractivity contribution is -0.921. The van der Waals surface area contributed by atoms with Crippen molar-refractivity contribution in [3.05, 3.63) is 76.6 Å². The molecule has 1 heterocycles. The van der Waals surface area contributed by atoms with E-state index in [1.165, 1.54) is 30.7 Å². The van der Waals surface area contributed by atoms with Gasteiger partial charge in [0.25, 0.3) is 5.91 Å². The number of halogens is 3. The average molecular weight is 631 g/mol. The Morgan fingerprint density at radius 3 is 1.62 bits per heavy atom. The van der Waals surface area contributed by atoms with Crippen molar-refractivity contribution in [2.45, 2.75) is 46.7 Å². The number of alkyl halides is 3. The van der Waals surface area contributed by atoms with Crippen LogP contribution in [0.25, 0.3) is 0 Å². The molecular weight excluding hydrogens is 585 g/mol. The van der Waals surface area contributed by atoms with Crippen LogP contribution in [0.2, 0.25) is 0 Å². The van der Waals surface area contributed by atoms with Crippen LogP contribution in [0.1, 0.15) is 60.6 Å². The quantitative estimate of drug-likeness (QED) is 0.291. The van der Waals surface area contributed by atoms with Gasteiger partial charge in [-0.1, -0.05) is 12.1 Å². The summed E-state index contributed by atoms with van der Waals surface area (Å²) in [5.41, 5.74) is 1.04. The number of anilines is 3. The third-order valence-corrected chi connectivity index (χ3v) is 7.91. The van der Waals surface area contributed by atoms with Gasteiger partial charge >= 0.3 is 6.18 Å². The molecule has 0 aliphatic heterocycles. The van der Waals surface area contributed by atoms with Gasteiger partial charge in [0.2, 0.25) is 0 Å². The van der Waals surface area contributed by atoms with E-state index in [1.54, 1.807) is 62.3 Å². The molecule has 2 aromatic carbocycles. The van der Waals surface area contributed by atoms with Crippen molar-refractivity contribution in [3.63, 3.8) is 0 Å². The maximum Gasteiger partial charge on any atom is 0.416 e. The number of carbonyl (C=O) groups excluding carboxylic acids is 2. The summed E-state index contributed by atoms with van der Waals surface area (Å²) in [6.45, 7) is 14.2. The fourth-order valence-electron chi connectivity index (χ4n) is 4.87. The molecule has 0 radical (unpaired) electrons. The van der Waals surface area contributed by atoms with Gasteiger partial charge in [0.15, 0.2) is 0 Å². The first-order valence-electron chi connectivity index (χ1n) is 15.0. The normalized spacial score (nSPS) is 11.4. The number of carboxylic acid groups (broad SMARTS) is 1. The Labute approximate surface area is 264 Å². The number of carbonyl (C=O) groups is 2. The summed E-state index contributed by atoms with van der Waals surface area (Å²) in [5.74, 6) is -0.325. The molecule has 0 spiro atoms. The van der Waals surface area contributed by atoms with E-state index in [9.17, 15) is 27.9 Å². The van der Waals surface area contributed by atoms with Gasteiger partial charge in [0.1, 0.15) is 17.5 Å². The van der Waals surface area contributed by atoms with Crippen molar-refractivity contribution in [2.24, 2.45) is 0 Å². The summed E-state index contributed by atoms with van der Waals surface area (Å²) in [5, 5.41) is 13.9. The highest BCUT2D eigenvalue weighted by Gasteiger charge is 2.30. The van der Waals surface area contributed by atoms with Crippen LogP contribution in [-0.4, -0.2) is 80.7 Å². The lowest BCUT2D eigenvalue weighted by Crippen LogP contribution is -2.47. The van der Waals surface area contributed by atoms with Crippen molar-refractivity contribution in [1.29, 1.82) is 0 Å². The SMILES string of the molecule is CC[N+](CC)(CC)CC.CN(C)c1nc(Cc2ccc(NC(=O)c3ccc(C(F)(F)F)cc3)cc2)nc(N(C)C)c1CC(=O)[O-]. The number of hydrogen-bond donors (Lipinski definition) is 1. The highest BCUT2D eigenvalue weighted by atomic mass is 19.4. The van der Waals surface area contributed by atoms with Crippen LogP contribution in [0.15, 0.2) is 48.5 Å². The molecule has 0 saturated heterocycles. The molecule has 3 aromatic rings. The molecule has 0 aliphatic rings. The molecule has 12 heteroatoms. The van der Waals surface area contributed by atoms with Crippen LogP contribution >= 0.6 is 0 Å². The van der Waals surface area contributed by atoms with Gasteiger partial charge < -0.3 is 29.5 Å². The zero-order valence-electron chi connectivity index (χ0n) is 27.5. The molecule has 1 aromatic heterocycles. The average Bonchev–Trinajstić information content (AvgIpc) is 2.99. The zero-order chi connectivity index (χ0) is 33.9. The molecule has 0 aliphatic carbocycles. The molecule has 246 valence electrons. The predicted molar refractivity (Wildman–Crippen MR) is 170 cm³/mol. The molecular formula is C33H45F3N6O3. The Balaban J connectivity index is 0.000000681. The third-order valence-electron chi connectivity index (χ3n) is 7.91. The van der Waals surface area contributed by atoms with E-state index in [0.717, 1.165) is 29.8 Å². The molecule has 0 atom stereocenters. The monoisotopic (exact) mass is 630 g/mol. The first kappa shape index (κ1) is 37.0. The number of aromatic nitrogens is 2. The van der Waals surface area contributed by atoms with Gasteiger partial charge in [0, 0.05) is 63.8 Å². The zero-order valence-corrected chi connectivity index (χ0v) is 27.5. The fourth-order valence-corrected chi connectivity index (χ4v) is 4.87. The second-order valence-electron chi connectivity index (χ2n) is 11.1. The molecule has 0 saturated carbocycles. The van der Waals surface area contributed by atoms with E-state index in [2.05, 4.69) is 43.0 Å². The number of nitrogens with zero attached hydrogens (tertiary/aromatic N) is 5. The topological polar surface area (TPSA) is 101 Å². The van der Waals surface area contributed by atoms with E-state index in [-0.39, 0.29) is 12.0 Å². The van der Waals surface area contributed by atoms with Crippen LogP contribution in [0.5, 0.6) is 0 Å². The van der Waals surface area contributed by atoms with Gasteiger partial charge in [-0.05, 0) is 69.7 Å². The van der Waals surface area contributed by atoms with Crippen molar-refractivity contribution >= 4 is 29.2 Å². The lowest BCUT2D eigenvalue weighted by Gasteiger charge is -2.34. The van der Waals surface area contributed by atoms with Gasteiger partial charge in [-0.3, -0.25) is 4.79 Å². The number of quaternary nitrogens is 1. The van der Waals surface area contributed by atoms with Crippen molar-refractivity contribution in [1.82, 2.24) is 9.97 Å². The summed E-state index contributed by atoms with van der Waals surface area (Å²) in [4.78, 5) is 36.2. The van der Waals surface area contributed by atoms with Crippen LogP contribution < -0.4 is 20.2 Å². The second-order valence-corrected chi connectivity index (χ2v) is 11.1. The number of aliphatic carboxylic acids is 1. The molecule has 1 amide bonds. The van der Waals surface area contributed by atoms with Crippen LogP contribution in [0.4, 0.5) is 30.5 Å². The molecule has 3 rings (SSSR count). The summed E-state index contributed by atoms with van der Waals surface area (Å²) in [6.07, 6.45) is -4.45. The smallest absolute Gasteiger partial charge is 0.416 e. The standard InChI is InChI=1S/C25H26F3N5O3.C8H20N/c1-32(2)22-19(14-21(34)35)23(33(3)4)31-20(30-22)13-15-5-11-18(12-6-15)29-24(36)16-7-9-17(10-8-16)25(26,27)28;1-5-9(6-2,7-3)8-4/h5-12H,13-14H2,1-4H3,(H,29,36)(H,34,35);5-8H2,1-4H3/q;+1/p-1. The summed E-state index contributed by atoms with van der Waals surface area (Å²) in [7, 11) is 7.05. The lowest BCUT2D eigenvalue weighted by atomic mass is 10.1. The fraction of sp³-hybridized carbons (Fsp3) is 0.455. The Bertz CT molecular complexity index is 1360. The first-order valence-corrected chi connectivity index (χ1v) is 15.0. The summed E-state index contributed by atoms with van der Waals surface area (Å²) >= 11 is 0. The Morgan fingerprint density at radius 2 is 1.27 bits per heavy atom. The van der Waals surface area contributed by atoms with Crippen LogP contribution in [-0.2, 0) is 23.8 Å². The second kappa shape index (κ2) is 16.2. The summed E-state index contributed by atoms with van der Waals surface area (Å²) < 4.78 is 39.4. The molecule has 0 fully saturated rings. The minimum atomic E-state index is -4.47. The Morgan fingerprint density at radius 1 is 0.800 bits per heavy atom. The van der Waals surface area contributed by atoms with Crippen LogP contribution in [0, 0.1) is 0 Å². The number of amides is 1. The minimum Gasteiger partial charge on any atom is -0.550 e. The number of hydrogen-bond acceptors (Lipinski definition) is 7. The highest BCUT2D eigenvalue weighted by molar-refractivity contribution is 6.04. The Kier molecular flexibility index (Phi) is 13.3. The van der Waals surface area contributed by atoms with Crippen molar-refractivity contribution < 1.29 is 32.3 Å². The van der Waals surface area contributed by atoms with Crippen LogP contribution in [0.3, 0.4) is 0 Å². The molecule has 9 nitrogen and oxygen atoms in total. The van der Waals surface area contributed by atoms with Crippen molar-refractivity contribution in [2.75, 3.05) is 69.5 Å². The Hall–Kier alpha value is -4.19. The predicted octanol–water partition coefficient (Wildman–Crippen LogP) is 4.65. The minimum absolute atomic E-state index is 0.101. The van der Waals surface area contributed by atoms with Gasteiger partial charge in [-0.15, -0.1) is 0 Å². The number of rotatable bonds is 12. The number of nitrogens with one attached hydrogen (secondary N) is 1. The van der Waals surface area contributed by atoms with E-state index in [0.29, 0.717) is 35.1 Å². The first-order chi connectivity index (χ1) is 21.1. The highest BCUT2D eigenvalue weighted by Crippen LogP contribution is 2.29. The van der Waals surface area contributed by atoms with E-state index < -0.39 is 23.6 Å². The number of carboxylic acids is 1. The van der Waals surface area contributed by atoms with Crippen molar-refractivity contribution in [3.8, 4) is 0 Å². The largest absolute Gasteiger partial charge is 0.550 e. The maximum atomic E-state index is 12.7. The van der Waals surface area contributed by atoms with E-state index in [4.69, 9.17) is 0 Å². The number of benzene rings is 2. The van der Waals surface area contributed by atoms with Gasteiger partial charge in [-0.2, -0.15) is 13.2 Å². The molecule has 0 bridgehead atoms. The molecule has 1 N–H and O–H groups in total. The maximum absolute atomic E-state index is 12.7. The molecule has 0 unspecified atom stereocenters. The summed E-state index contributed by atoms with van der Waals surface area (Å²) in [6, 6.07) is 10.8. The molecule has 45 heavy (non-hydrogen) atoms. The van der Waals surface area contributed by atoms with E-state index in [1.807, 2.05) is 0 Å².